The Bertz CT molecular complexity index is 724. The van der Waals surface area contributed by atoms with E-state index < -0.39 is 10.0 Å². The summed E-state index contributed by atoms with van der Waals surface area (Å²) in [7, 11) is -3.55. The van der Waals surface area contributed by atoms with Gasteiger partial charge in [-0.3, -0.25) is 0 Å². The van der Waals surface area contributed by atoms with Crippen LogP contribution in [0.1, 0.15) is 44.1 Å². The average molecular weight is 332 g/mol. The lowest BCUT2D eigenvalue weighted by atomic mass is 9.52. The van der Waals surface area contributed by atoms with E-state index in [1.807, 2.05) is 19.1 Å². The first kappa shape index (κ1) is 15.2. The average Bonchev–Trinajstić information content (AvgIpc) is 2.94. The van der Waals surface area contributed by atoms with E-state index in [4.69, 9.17) is 0 Å². The standard InChI is InChI=1S/C18H24N2O2S/c1-12-8-10-13(11-9-12)23(21,22)20-19-17-7-3-6-16-14-4-2-5-15(14)18(16)17/h8-11,14-16,18,20H,2-7H2,1H3/b19-17+/t14-,15+,16+,18-/m0/s1. The van der Waals surface area contributed by atoms with Crippen molar-refractivity contribution in [3.8, 4) is 0 Å². The van der Waals surface area contributed by atoms with Gasteiger partial charge in [0.2, 0.25) is 0 Å². The lowest BCUT2D eigenvalue weighted by molar-refractivity contribution is 0.0316. The van der Waals surface area contributed by atoms with Crippen molar-refractivity contribution in [3.05, 3.63) is 29.8 Å². The van der Waals surface area contributed by atoms with Crippen LogP contribution in [0.15, 0.2) is 34.3 Å². The predicted octanol–water partition coefficient (Wildman–Crippen LogP) is 3.48. The molecule has 0 heterocycles. The van der Waals surface area contributed by atoms with Gasteiger partial charge in [0.1, 0.15) is 0 Å². The van der Waals surface area contributed by atoms with Crippen molar-refractivity contribution in [3.63, 3.8) is 0 Å². The van der Waals surface area contributed by atoms with Gasteiger partial charge in [0, 0.05) is 11.6 Å². The van der Waals surface area contributed by atoms with E-state index in [1.54, 1.807) is 12.1 Å². The third-order valence-corrected chi connectivity index (χ3v) is 7.32. The van der Waals surface area contributed by atoms with Gasteiger partial charge in [0.25, 0.3) is 10.0 Å². The molecule has 1 N–H and O–H groups in total. The Hall–Kier alpha value is -1.36. The number of hydrazone groups is 1. The zero-order valence-electron chi connectivity index (χ0n) is 13.5. The Balaban J connectivity index is 1.52. The molecule has 0 saturated heterocycles. The number of nitrogens with one attached hydrogen (secondary N) is 1. The predicted molar refractivity (Wildman–Crippen MR) is 90.6 cm³/mol. The van der Waals surface area contributed by atoms with Crippen molar-refractivity contribution in [2.75, 3.05) is 0 Å². The van der Waals surface area contributed by atoms with Crippen LogP contribution in [0, 0.1) is 30.6 Å². The van der Waals surface area contributed by atoms with Crippen LogP contribution in [-0.2, 0) is 10.0 Å². The van der Waals surface area contributed by atoms with Gasteiger partial charge in [0.05, 0.1) is 4.90 Å². The monoisotopic (exact) mass is 332 g/mol. The molecule has 4 nitrogen and oxygen atoms in total. The fourth-order valence-corrected chi connectivity index (χ4v) is 5.86. The van der Waals surface area contributed by atoms with Crippen molar-refractivity contribution in [2.45, 2.75) is 50.3 Å². The maximum absolute atomic E-state index is 12.4. The highest BCUT2D eigenvalue weighted by molar-refractivity contribution is 7.89. The lowest BCUT2D eigenvalue weighted by Gasteiger charge is -2.52. The largest absolute Gasteiger partial charge is 0.276 e. The second kappa shape index (κ2) is 5.62. The molecule has 3 aliphatic carbocycles. The van der Waals surface area contributed by atoms with Crippen molar-refractivity contribution < 1.29 is 8.42 Å². The molecule has 0 radical (unpaired) electrons. The van der Waals surface area contributed by atoms with E-state index in [2.05, 4.69) is 9.93 Å². The van der Waals surface area contributed by atoms with Crippen LogP contribution in [0.5, 0.6) is 0 Å². The summed E-state index contributed by atoms with van der Waals surface area (Å²) in [5, 5.41) is 4.38. The van der Waals surface area contributed by atoms with Crippen LogP contribution < -0.4 is 4.83 Å². The highest BCUT2D eigenvalue weighted by atomic mass is 32.2. The number of fused-ring (bicyclic) bond motifs is 4. The Morgan fingerprint density at radius 3 is 2.39 bits per heavy atom. The van der Waals surface area contributed by atoms with E-state index in [-0.39, 0.29) is 4.90 Å². The third kappa shape index (κ3) is 2.59. The van der Waals surface area contributed by atoms with E-state index >= 15 is 0 Å². The number of benzene rings is 1. The van der Waals surface area contributed by atoms with Gasteiger partial charge in [0.15, 0.2) is 0 Å². The molecule has 0 aliphatic heterocycles. The van der Waals surface area contributed by atoms with Crippen LogP contribution >= 0.6 is 0 Å². The summed E-state index contributed by atoms with van der Waals surface area (Å²) >= 11 is 0. The third-order valence-electron chi connectivity index (χ3n) is 6.09. The second-order valence-electron chi connectivity index (χ2n) is 7.35. The fraction of sp³-hybridized carbons (Fsp3) is 0.611. The quantitative estimate of drug-likeness (QED) is 0.862. The molecule has 0 unspecified atom stereocenters. The van der Waals surface area contributed by atoms with Gasteiger partial charge in [-0.1, -0.05) is 24.1 Å². The van der Waals surface area contributed by atoms with Gasteiger partial charge in [-0.15, -0.1) is 0 Å². The van der Waals surface area contributed by atoms with Crippen molar-refractivity contribution in [2.24, 2.45) is 28.8 Å². The molecule has 5 heteroatoms. The van der Waals surface area contributed by atoms with E-state index in [0.29, 0.717) is 5.92 Å². The normalized spacial score (nSPS) is 34.6. The SMILES string of the molecule is Cc1ccc(S(=O)(=O)N/N=C2\CCC[C@@H]3[C@H]4CCC[C@H]4[C@H]23)cc1. The first-order valence-corrected chi connectivity index (χ1v) is 10.2. The summed E-state index contributed by atoms with van der Waals surface area (Å²) in [5.74, 6) is 2.96. The van der Waals surface area contributed by atoms with Crippen LogP contribution in [0.25, 0.3) is 0 Å². The van der Waals surface area contributed by atoms with Crippen molar-refractivity contribution in [1.29, 1.82) is 0 Å². The minimum Gasteiger partial charge on any atom is -0.200 e. The first-order valence-electron chi connectivity index (χ1n) is 8.71. The smallest absolute Gasteiger partial charge is 0.200 e. The maximum Gasteiger partial charge on any atom is 0.276 e. The molecule has 3 saturated carbocycles. The number of hydrogen-bond donors (Lipinski definition) is 1. The van der Waals surface area contributed by atoms with Crippen LogP contribution in [0.4, 0.5) is 0 Å². The maximum atomic E-state index is 12.4. The second-order valence-corrected chi connectivity index (χ2v) is 9.01. The number of sulfonamides is 1. The van der Waals surface area contributed by atoms with Crippen LogP contribution in [0.2, 0.25) is 0 Å². The summed E-state index contributed by atoms with van der Waals surface area (Å²) < 4.78 is 24.8. The number of rotatable bonds is 3. The molecule has 124 valence electrons. The van der Waals surface area contributed by atoms with Gasteiger partial charge in [-0.25, -0.2) is 4.83 Å². The Morgan fingerprint density at radius 2 is 1.65 bits per heavy atom. The number of nitrogens with zero attached hydrogens (tertiary/aromatic N) is 1. The molecule has 1 aromatic rings. The molecule has 0 spiro atoms. The first-order chi connectivity index (χ1) is 11.1. The van der Waals surface area contributed by atoms with Crippen molar-refractivity contribution >= 4 is 15.7 Å². The number of hydrogen-bond acceptors (Lipinski definition) is 3. The highest BCUT2D eigenvalue weighted by Crippen LogP contribution is 2.59. The Morgan fingerprint density at radius 1 is 1.00 bits per heavy atom. The van der Waals surface area contributed by atoms with E-state index in [9.17, 15) is 8.42 Å². The summed E-state index contributed by atoms with van der Waals surface area (Å²) in [4.78, 5) is 2.77. The molecule has 4 rings (SSSR count). The molecule has 4 atom stereocenters. The molecular formula is C18H24N2O2S. The molecule has 3 fully saturated rings. The topological polar surface area (TPSA) is 58.5 Å². The molecule has 3 aliphatic rings. The molecule has 0 aromatic heterocycles. The fourth-order valence-electron chi connectivity index (χ4n) is 5.03. The van der Waals surface area contributed by atoms with Gasteiger partial charge >= 0.3 is 0 Å². The Labute approximate surface area is 138 Å². The Kier molecular flexibility index (Phi) is 3.71. The van der Waals surface area contributed by atoms with Gasteiger partial charge in [-0.05, 0) is 68.9 Å². The summed E-state index contributed by atoms with van der Waals surface area (Å²) in [6, 6.07) is 6.90. The molecule has 23 heavy (non-hydrogen) atoms. The molecular weight excluding hydrogens is 308 g/mol. The minimum atomic E-state index is -3.55. The van der Waals surface area contributed by atoms with Gasteiger partial charge in [-0.2, -0.15) is 13.5 Å². The lowest BCUT2D eigenvalue weighted by Crippen LogP contribution is -2.50. The summed E-state index contributed by atoms with van der Waals surface area (Å²) in [6.07, 6.45) is 7.40. The molecule has 0 amide bonds. The number of aryl methyl sites for hydroxylation is 1. The summed E-state index contributed by atoms with van der Waals surface area (Å²) in [6.45, 7) is 1.95. The van der Waals surface area contributed by atoms with Gasteiger partial charge < -0.3 is 0 Å². The zero-order chi connectivity index (χ0) is 16.0. The molecule has 1 aromatic carbocycles. The zero-order valence-corrected chi connectivity index (χ0v) is 14.3. The van der Waals surface area contributed by atoms with Crippen LogP contribution in [-0.4, -0.2) is 14.1 Å². The minimum absolute atomic E-state index is 0.284. The van der Waals surface area contributed by atoms with E-state index in [0.717, 1.165) is 41.9 Å². The molecule has 0 bridgehead atoms. The van der Waals surface area contributed by atoms with E-state index in [1.165, 1.54) is 25.7 Å². The van der Waals surface area contributed by atoms with Crippen molar-refractivity contribution in [1.82, 2.24) is 4.83 Å². The highest BCUT2D eigenvalue weighted by Gasteiger charge is 2.54. The van der Waals surface area contributed by atoms with Crippen LogP contribution in [0.3, 0.4) is 0 Å². The summed E-state index contributed by atoms with van der Waals surface area (Å²) in [5.41, 5.74) is 2.15.